The second-order valence-corrected chi connectivity index (χ2v) is 6.33. The SMILES string of the molecule is C=CCc1cc(CO)cc(OC)c1OS(=O)(=O)c1ccccc1. The van der Waals surface area contributed by atoms with Crippen molar-refractivity contribution in [2.75, 3.05) is 7.11 Å². The van der Waals surface area contributed by atoms with Crippen LogP contribution in [0.5, 0.6) is 11.5 Å². The predicted octanol–water partition coefficient (Wildman–Crippen LogP) is 2.68. The van der Waals surface area contributed by atoms with Crippen molar-refractivity contribution in [1.29, 1.82) is 0 Å². The molecule has 0 atom stereocenters. The summed E-state index contributed by atoms with van der Waals surface area (Å²) in [6.07, 6.45) is 2.00. The molecule has 0 aliphatic rings. The van der Waals surface area contributed by atoms with Crippen LogP contribution in [0.4, 0.5) is 0 Å². The maximum atomic E-state index is 12.4. The lowest BCUT2D eigenvalue weighted by atomic mass is 10.1. The molecule has 0 aromatic heterocycles. The maximum Gasteiger partial charge on any atom is 0.339 e. The second kappa shape index (κ2) is 7.30. The number of methoxy groups -OCH3 is 1. The molecule has 5 nitrogen and oxygen atoms in total. The Balaban J connectivity index is 2.51. The molecule has 0 amide bonds. The summed E-state index contributed by atoms with van der Waals surface area (Å²) in [7, 11) is -2.57. The molecule has 6 heteroatoms. The van der Waals surface area contributed by atoms with Gasteiger partial charge in [-0.25, -0.2) is 0 Å². The fourth-order valence-corrected chi connectivity index (χ4v) is 3.11. The minimum atomic E-state index is -3.98. The molecular formula is C17H18O5S. The largest absolute Gasteiger partial charge is 0.493 e. The van der Waals surface area contributed by atoms with Crippen LogP contribution in [-0.4, -0.2) is 20.6 Å². The summed E-state index contributed by atoms with van der Waals surface area (Å²) in [5, 5.41) is 9.31. The van der Waals surface area contributed by atoms with Crippen molar-refractivity contribution in [3.05, 3.63) is 66.2 Å². The van der Waals surface area contributed by atoms with Crippen LogP contribution >= 0.6 is 0 Å². The second-order valence-electron chi connectivity index (χ2n) is 4.79. The smallest absolute Gasteiger partial charge is 0.339 e. The summed E-state index contributed by atoms with van der Waals surface area (Å²) in [5.74, 6) is 0.348. The molecule has 0 fully saturated rings. The zero-order valence-electron chi connectivity index (χ0n) is 12.7. The standard InChI is InChI=1S/C17H18O5S/c1-3-7-14-10-13(12-18)11-16(21-2)17(14)22-23(19,20)15-8-5-4-6-9-15/h3-6,8-11,18H,1,7,12H2,2H3. The van der Waals surface area contributed by atoms with Crippen molar-refractivity contribution in [2.24, 2.45) is 0 Å². The van der Waals surface area contributed by atoms with E-state index in [1.165, 1.54) is 19.2 Å². The number of hydrogen-bond acceptors (Lipinski definition) is 5. The Morgan fingerprint density at radius 2 is 1.91 bits per heavy atom. The quantitative estimate of drug-likeness (QED) is 0.622. The van der Waals surface area contributed by atoms with Gasteiger partial charge < -0.3 is 14.0 Å². The number of aliphatic hydroxyl groups is 1. The van der Waals surface area contributed by atoms with Crippen LogP contribution in [0.2, 0.25) is 0 Å². The molecule has 0 bridgehead atoms. The summed E-state index contributed by atoms with van der Waals surface area (Å²) in [6.45, 7) is 3.47. The Hall–Kier alpha value is -2.31. The Morgan fingerprint density at radius 1 is 1.22 bits per heavy atom. The zero-order valence-corrected chi connectivity index (χ0v) is 13.5. The number of allylic oxidation sites excluding steroid dienone is 1. The van der Waals surface area contributed by atoms with Crippen molar-refractivity contribution >= 4 is 10.1 Å². The number of rotatable bonds is 7. The van der Waals surface area contributed by atoms with Gasteiger partial charge in [-0.05, 0) is 36.2 Å². The van der Waals surface area contributed by atoms with E-state index in [4.69, 9.17) is 8.92 Å². The van der Waals surface area contributed by atoms with Crippen molar-refractivity contribution in [3.8, 4) is 11.5 Å². The Morgan fingerprint density at radius 3 is 2.48 bits per heavy atom. The first-order chi connectivity index (χ1) is 11.0. The van der Waals surface area contributed by atoms with E-state index in [2.05, 4.69) is 6.58 Å². The van der Waals surface area contributed by atoms with Crippen molar-refractivity contribution < 1.29 is 22.4 Å². The molecule has 0 radical (unpaired) electrons. The fraction of sp³-hybridized carbons (Fsp3) is 0.176. The third-order valence-electron chi connectivity index (χ3n) is 3.18. The van der Waals surface area contributed by atoms with E-state index >= 15 is 0 Å². The summed E-state index contributed by atoms with van der Waals surface area (Å²) in [4.78, 5) is 0.0536. The highest BCUT2D eigenvalue weighted by molar-refractivity contribution is 7.87. The molecule has 0 unspecified atom stereocenters. The lowest BCUT2D eigenvalue weighted by Crippen LogP contribution is -2.12. The monoisotopic (exact) mass is 334 g/mol. The van der Waals surface area contributed by atoms with Crippen molar-refractivity contribution in [2.45, 2.75) is 17.9 Å². The Labute approximate surface area is 135 Å². The van der Waals surface area contributed by atoms with E-state index in [1.807, 2.05) is 0 Å². The van der Waals surface area contributed by atoms with E-state index in [1.54, 1.807) is 36.4 Å². The molecule has 0 saturated carbocycles. The summed E-state index contributed by atoms with van der Waals surface area (Å²) in [5.41, 5.74) is 1.17. The van der Waals surface area contributed by atoms with Gasteiger partial charge in [-0.15, -0.1) is 6.58 Å². The average Bonchev–Trinajstić information content (AvgIpc) is 2.57. The molecule has 23 heavy (non-hydrogen) atoms. The van der Waals surface area contributed by atoms with Gasteiger partial charge >= 0.3 is 10.1 Å². The van der Waals surface area contributed by atoms with E-state index in [0.717, 1.165) is 0 Å². The van der Waals surface area contributed by atoms with Gasteiger partial charge in [-0.1, -0.05) is 24.3 Å². The Kier molecular flexibility index (Phi) is 5.41. The molecule has 122 valence electrons. The van der Waals surface area contributed by atoms with Gasteiger partial charge in [0.2, 0.25) is 0 Å². The predicted molar refractivity (Wildman–Crippen MR) is 87.1 cm³/mol. The first-order valence-electron chi connectivity index (χ1n) is 6.93. The normalized spacial score (nSPS) is 11.0. The van der Waals surface area contributed by atoms with Crippen LogP contribution in [-0.2, 0) is 23.1 Å². The van der Waals surface area contributed by atoms with E-state index in [9.17, 15) is 13.5 Å². The third kappa shape index (κ3) is 3.91. The first-order valence-corrected chi connectivity index (χ1v) is 8.33. The highest BCUT2D eigenvalue weighted by Gasteiger charge is 2.22. The van der Waals surface area contributed by atoms with Gasteiger partial charge in [0, 0.05) is 5.56 Å². The molecule has 0 spiro atoms. The highest BCUT2D eigenvalue weighted by atomic mass is 32.2. The van der Waals surface area contributed by atoms with Crippen molar-refractivity contribution in [3.63, 3.8) is 0 Å². The van der Waals surface area contributed by atoms with Crippen LogP contribution in [0.1, 0.15) is 11.1 Å². The highest BCUT2D eigenvalue weighted by Crippen LogP contribution is 2.35. The van der Waals surface area contributed by atoms with Crippen LogP contribution in [0.3, 0.4) is 0 Å². The molecule has 2 aromatic rings. The van der Waals surface area contributed by atoms with Gasteiger partial charge in [0.05, 0.1) is 13.7 Å². The number of hydrogen-bond donors (Lipinski definition) is 1. The Bertz CT molecular complexity index is 782. The topological polar surface area (TPSA) is 72.8 Å². The number of ether oxygens (including phenoxy) is 1. The molecule has 0 saturated heterocycles. The minimum Gasteiger partial charge on any atom is -0.493 e. The molecule has 1 N–H and O–H groups in total. The average molecular weight is 334 g/mol. The van der Waals surface area contributed by atoms with Crippen LogP contribution in [0.25, 0.3) is 0 Å². The van der Waals surface area contributed by atoms with E-state index in [0.29, 0.717) is 17.5 Å². The van der Waals surface area contributed by atoms with E-state index in [-0.39, 0.29) is 23.0 Å². The van der Waals surface area contributed by atoms with Gasteiger partial charge in [0.15, 0.2) is 11.5 Å². The number of aliphatic hydroxyl groups excluding tert-OH is 1. The zero-order chi connectivity index (χ0) is 16.9. The molecule has 0 aliphatic carbocycles. The minimum absolute atomic E-state index is 0.0536. The summed E-state index contributed by atoms with van der Waals surface area (Å²) in [6, 6.07) is 11.1. The third-order valence-corrected chi connectivity index (χ3v) is 4.42. The van der Waals surface area contributed by atoms with E-state index < -0.39 is 10.1 Å². The molecule has 0 heterocycles. The van der Waals surface area contributed by atoms with Crippen LogP contribution < -0.4 is 8.92 Å². The first kappa shape index (κ1) is 17.1. The van der Waals surface area contributed by atoms with Gasteiger partial charge in [0.25, 0.3) is 0 Å². The lowest BCUT2D eigenvalue weighted by Gasteiger charge is -2.15. The molecule has 0 aliphatic heterocycles. The summed E-state index contributed by atoms with van der Waals surface area (Å²) < 4.78 is 35.4. The van der Waals surface area contributed by atoms with Crippen LogP contribution in [0, 0.1) is 0 Å². The van der Waals surface area contributed by atoms with Crippen LogP contribution in [0.15, 0.2) is 60.0 Å². The summed E-state index contributed by atoms with van der Waals surface area (Å²) >= 11 is 0. The molecular weight excluding hydrogens is 316 g/mol. The fourth-order valence-electron chi connectivity index (χ4n) is 2.11. The lowest BCUT2D eigenvalue weighted by molar-refractivity contribution is 0.280. The van der Waals surface area contributed by atoms with Gasteiger partial charge in [0.1, 0.15) is 4.90 Å². The molecule has 2 aromatic carbocycles. The molecule has 2 rings (SSSR count). The maximum absolute atomic E-state index is 12.4. The van der Waals surface area contributed by atoms with Gasteiger partial charge in [-0.3, -0.25) is 0 Å². The van der Waals surface area contributed by atoms with Gasteiger partial charge in [-0.2, -0.15) is 8.42 Å². The van der Waals surface area contributed by atoms with Crippen molar-refractivity contribution in [1.82, 2.24) is 0 Å². The number of benzene rings is 2.